The Morgan fingerprint density at radius 2 is 2.00 bits per heavy atom. The molecule has 3 heterocycles. The van der Waals surface area contributed by atoms with E-state index in [0.717, 1.165) is 37.6 Å². The summed E-state index contributed by atoms with van der Waals surface area (Å²) in [6, 6.07) is 2.41. The minimum atomic E-state index is -0.386. The first-order valence-corrected chi connectivity index (χ1v) is 8.39. The second-order valence-corrected chi connectivity index (χ2v) is 6.68. The lowest BCUT2D eigenvalue weighted by molar-refractivity contribution is -0.385. The Balaban J connectivity index is 1.45. The van der Waals surface area contributed by atoms with Gasteiger partial charge in [0.15, 0.2) is 0 Å². The summed E-state index contributed by atoms with van der Waals surface area (Å²) < 4.78 is 2.24. The maximum absolute atomic E-state index is 10.9. The van der Waals surface area contributed by atoms with Gasteiger partial charge in [-0.3, -0.25) is 10.1 Å². The van der Waals surface area contributed by atoms with E-state index >= 15 is 0 Å². The second kappa shape index (κ2) is 5.85. The fourth-order valence-electron chi connectivity index (χ4n) is 3.44. The molecule has 0 aromatic carbocycles. The van der Waals surface area contributed by atoms with E-state index in [2.05, 4.69) is 24.6 Å². The van der Waals surface area contributed by atoms with Gasteiger partial charge in [-0.25, -0.2) is 4.98 Å². The van der Waals surface area contributed by atoms with Crippen LogP contribution in [0.2, 0.25) is 0 Å². The molecule has 1 saturated carbocycles. The zero-order chi connectivity index (χ0) is 16.7. The molecule has 4 rings (SSSR count). The first-order chi connectivity index (χ1) is 11.6. The highest BCUT2D eigenvalue weighted by Gasteiger charge is 2.31. The molecule has 1 saturated heterocycles. The third-order valence-electron chi connectivity index (χ3n) is 4.99. The number of anilines is 1. The number of aromatic nitrogens is 4. The average molecular weight is 328 g/mol. The Labute approximate surface area is 139 Å². The standard InChI is InChI=1S/C16H20N6O2/c1-11-8-15(17-9-14(11)22(23)24)20-6-4-12(5-7-20)16-19-18-10-21(16)13-2-3-13/h8-10,12-13H,2-7H2,1H3. The smallest absolute Gasteiger partial charge is 0.290 e. The second-order valence-electron chi connectivity index (χ2n) is 6.68. The summed E-state index contributed by atoms with van der Waals surface area (Å²) in [4.78, 5) is 17.0. The van der Waals surface area contributed by atoms with Crippen LogP contribution in [0.15, 0.2) is 18.6 Å². The van der Waals surface area contributed by atoms with E-state index in [1.807, 2.05) is 12.4 Å². The SMILES string of the molecule is Cc1cc(N2CCC(c3nncn3C3CC3)CC2)ncc1[N+](=O)[O-]. The molecule has 2 aliphatic rings. The number of piperidine rings is 1. The molecule has 0 atom stereocenters. The number of nitro groups is 1. The maximum atomic E-state index is 10.9. The van der Waals surface area contributed by atoms with E-state index in [1.54, 1.807) is 6.92 Å². The van der Waals surface area contributed by atoms with Crippen molar-refractivity contribution >= 4 is 11.5 Å². The molecular formula is C16H20N6O2. The summed E-state index contributed by atoms with van der Waals surface area (Å²) in [5.74, 6) is 2.37. The molecule has 1 aliphatic heterocycles. The van der Waals surface area contributed by atoms with Gasteiger partial charge in [0.25, 0.3) is 5.69 Å². The van der Waals surface area contributed by atoms with Gasteiger partial charge >= 0.3 is 0 Å². The lowest BCUT2D eigenvalue weighted by atomic mass is 9.95. The predicted octanol–water partition coefficient (Wildman–Crippen LogP) is 2.61. The molecular weight excluding hydrogens is 308 g/mol. The van der Waals surface area contributed by atoms with Crippen molar-refractivity contribution in [3.8, 4) is 0 Å². The first kappa shape index (κ1) is 15.0. The number of hydrogen-bond donors (Lipinski definition) is 0. The van der Waals surface area contributed by atoms with E-state index < -0.39 is 0 Å². The molecule has 24 heavy (non-hydrogen) atoms. The molecule has 8 nitrogen and oxygen atoms in total. The fourth-order valence-corrected chi connectivity index (χ4v) is 3.44. The largest absolute Gasteiger partial charge is 0.357 e. The number of nitrogens with zero attached hydrogens (tertiary/aromatic N) is 6. The Hall–Kier alpha value is -2.51. The van der Waals surface area contributed by atoms with Gasteiger partial charge in [-0.15, -0.1) is 10.2 Å². The monoisotopic (exact) mass is 328 g/mol. The molecule has 126 valence electrons. The van der Waals surface area contributed by atoms with Crippen molar-refractivity contribution in [1.29, 1.82) is 0 Å². The zero-order valence-corrected chi connectivity index (χ0v) is 13.6. The average Bonchev–Trinajstić information content (AvgIpc) is 3.31. The van der Waals surface area contributed by atoms with E-state index in [9.17, 15) is 10.1 Å². The highest BCUT2D eigenvalue weighted by molar-refractivity contribution is 5.49. The highest BCUT2D eigenvalue weighted by atomic mass is 16.6. The van der Waals surface area contributed by atoms with Crippen LogP contribution in [0.3, 0.4) is 0 Å². The predicted molar refractivity (Wildman–Crippen MR) is 88.1 cm³/mol. The number of aryl methyl sites for hydroxylation is 1. The van der Waals surface area contributed by atoms with Crippen LogP contribution in [0.4, 0.5) is 11.5 Å². The molecule has 0 bridgehead atoms. The topological polar surface area (TPSA) is 90.0 Å². The Morgan fingerprint density at radius 1 is 1.25 bits per heavy atom. The molecule has 8 heteroatoms. The van der Waals surface area contributed by atoms with Crippen molar-refractivity contribution in [3.05, 3.63) is 40.1 Å². The maximum Gasteiger partial charge on any atom is 0.290 e. The van der Waals surface area contributed by atoms with E-state index in [4.69, 9.17) is 0 Å². The highest BCUT2D eigenvalue weighted by Crippen LogP contribution is 2.38. The Morgan fingerprint density at radius 3 is 2.62 bits per heavy atom. The van der Waals surface area contributed by atoms with E-state index in [-0.39, 0.29) is 10.6 Å². The van der Waals surface area contributed by atoms with Crippen LogP contribution in [-0.4, -0.2) is 37.8 Å². The third-order valence-corrected chi connectivity index (χ3v) is 4.99. The first-order valence-electron chi connectivity index (χ1n) is 8.39. The van der Waals surface area contributed by atoms with Crippen molar-refractivity contribution in [1.82, 2.24) is 19.7 Å². The van der Waals surface area contributed by atoms with Crippen LogP contribution in [0, 0.1) is 17.0 Å². The van der Waals surface area contributed by atoms with E-state index in [1.165, 1.54) is 19.0 Å². The molecule has 2 fully saturated rings. The minimum Gasteiger partial charge on any atom is -0.357 e. The molecule has 2 aromatic rings. The summed E-state index contributed by atoms with van der Waals surface area (Å²) in [6.45, 7) is 3.52. The molecule has 0 N–H and O–H groups in total. The van der Waals surface area contributed by atoms with Crippen LogP contribution in [0.5, 0.6) is 0 Å². The van der Waals surface area contributed by atoms with Crippen LogP contribution in [-0.2, 0) is 0 Å². The molecule has 0 unspecified atom stereocenters. The van der Waals surface area contributed by atoms with E-state index in [0.29, 0.717) is 17.5 Å². The van der Waals surface area contributed by atoms with Crippen molar-refractivity contribution in [2.24, 2.45) is 0 Å². The van der Waals surface area contributed by atoms with Crippen LogP contribution in [0.1, 0.15) is 49.0 Å². The molecule has 1 aliphatic carbocycles. The van der Waals surface area contributed by atoms with Crippen LogP contribution in [0.25, 0.3) is 0 Å². The molecule has 0 spiro atoms. The Bertz CT molecular complexity index is 762. The molecule has 0 radical (unpaired) electrons. The third kappa shape index (κ3) is 2.72. The molecule has 0 amide bonds. The van der Waals surface area contributed by atoms with Crippen molar-refractivity contribution in [2.75, 3.05) is 18.0 Å². The summed E-state index contributed by atoms with van der Waals surface area (Å²) >= 11 is 0. The molecule has 2 aromatic heterocycles. The summed E-state index contributed by atoms with van der Waals surface area (Å²) in [7, 11) is 0. The fraction of sp³-hybridized carbons (Fsp3) is 0.562. The van der Waals surface area contributed by atoms with Gasteiger partial charge in [0.2, 0.25) is 0 Å². The van der Waals surface area contributed by atoms with Gasteiger partial charge < -0.3 is 9.47 Å². The van der Waals surface area contributed by atoms with Gasteiger partial charge in [0.05, 0.1) is 4.92 Å². The van der Waals surface area contributed by atoms with Crippen molar-refractivity contribution < 1.29 is 4.92 Å². The number of hydrogen-bond acceptors (Lipinski definition) is 6. The number of pyridine rings is 1. The summed E-state index contributed by atoms with van der Waals surface area (Å²) in [6.07, 6.45) is 7.69. The summed E-state index contributed by atoms with van der Waals surface area (Å²) in [5.41, 5.74) is 0.728. The van der Waals surface area contributed by atoms with Crippen molar-refractivity contribution in [3.63, 3.8) is 0 Å². The Kier molecular flexibility index (Phi) is 3.66. The van der Waals surface area contributed by atoms with Gasteiger partial charge in [0.1, 0.15) is 24.2 Å². The zero-order valence-electron chi connectivity index (χ0n) is 13.6. The summed E-state index contributed by atoms with van der Waals surface area (Å²) in [5, 5.41) is 19.4. The lowest BCUT2D eigenvalue weighted by Crippen LogP contribution is -2.34. The quantitative estimate of drug-likeness (QED) is 0.633. The van der Waals surface area contributed by atoms with Gasteiger partial charge in [0, 0.05) is 30.6 Å². The van der Waals surface area contributed by atoms with Crippen LogP contribution >= 0.6 is 0 Å². The van der Waals surface area contributed by atoms with Crippen LogP contribution < -0.4 is 4.90 Å². The van der Waals surface area contributed by atoms with Gasteiger partial charge in [-0.05, 0) is 38.7 Å². The minimum absolute atomic E-state index is 0.0752. The van der Waals surface area contributed by atoms with Crippen molar-refractivity contribution in [2.45, 2.75) is 44.6 Å². The normalized spacial score (nSPS) is 18.8. The lowest BCUT2D eigenvalue weighted by Gasteiger charge is -2.32. The van der Waals surface area contributed by atoms with Gasteiger partial charge in [-0.2, -0.15) is 0 Å². The van der Waals surface area contributed by atoms with Gasteiger partial charge in [-0.1, -0.05) is 0 Å². The number of rotatable bonds is 4.